The molecule has 0 aromatic carbocycles. The predicted octanol–water partition coefficient (Wildman–Crippen LogP) is 1.46. The minimum absolute atomic E-state index is 0.000366. The van der Waals surface area contributed by atoms with E-state index in [2.05, 4.69) is 15.3 Å². The molecule has 0 bridgehead atoms. The number of hydrogen-bond acceptors (Lipinski definition) is 4. The van der Waals surface area contributed by atoms with Crippen molar-refractivity contribution < 1.29 is 4.79 Å². The molecule has 16 heavy (non-hydrogen) atoms. The lowest BCUT2D eigenvalue weighted by atomic mass is 10.1. The topological polar surface area (TPSA) is 80.9 Å². The Morgan fingerprint density at radius 3 is 2.69 bits per heavy atom. The highest BCUT2D eigenvalue weighted by Crippen LogP contribution is 2.45. The standard InChI is InChI=1S/C9H10Cl2N4O/c10-5-3-6(15-8(11)13-5)14-7(16)9(4-12)1-2-9/h3H,1-2,4,12H2,(H,13,14,15,16). The maximum atomic E-state index is 11.8. The van der Waals surface area contributed by atoms with Crippen LogP contribution >= 0.6 is 23.2 Å². The largest absolute Gasteiger partial charge is 0.329 e. The van der Waals surface area contributed by atoms with Crippen molar-refractivity contribution in [2.75, 3.05) is 11.9 Å². The SMILES string of the molecule is NCC1(C(=O)Nc2cc(Cl)nc(Cl)n2)CC1. The number of nitrogens with one attached hydrogen (secondary N) is 1. The van der Waals surface area contributed by atoms with Crippen molar-refractivity contribution in [1.29, 1.82) is 0 Å². The first-order chi connectivity index (χ1) is 7.55. The molecule has 0 radical (unpaired) electrons. The molecule has 0 unspecified atom stereocenters. The van der Waals surface area contributed by atoms with Crippen LogP contribution in [0.4, 0.5) is 5.82 Å². The number of anilines is 1. The average molecular weight is 261 g/mol. The van der Waals surface area contributed by atoms with Crippen LogP contribution in [0, 0.1) is 5.41 Å². The molecule has 7 heteroatoms. The maximum absolute atomic E-state index is 11.8. The Morgan fingerprint density at radius 2 is 2.19 bits per heavy atom. The first kappa shape index (κ1) is 11.6. The van der Waals surface area contributed by atoms with E-state index >= 15 is 0 Å². The van der Waals surface area contributed by atoms with Gasteiger partial charge in [-0.15, -0.1) is 0 Å². The van der Waals surface area contributed by atoms with Crippen molar-refractivity contribution in [3.63, 3.8) is 0 Å². The molecule has 0 spiro atoms. The highest BCUT2D eigenvalue weighted by molar-refractivity contribution is 6.32. The summed E-state index contributed by atoms with van der Waals surface area (Å²) in [4.78, 5) is 19.3. The summed E-state index contributed by atoms with van der Waals surface area (Å²) in [5, 5.41) is 2.83. The Bertz CT molecular complexity index is 413. The molecule has 3 N–H and O–H groups in total. The van der Waals surface area contributed by atoms with E-state index in [4.69, 9.17) is 28.9 Å². The number of amides is 1. The van der Waals surface area contributed by atoms with E-state index in [9.17, 15) is 4.79 Å². The summed E-state index contributed by atoms with van der Waals surface area (Å²) in [6.07, 6.45) is 1.61. The first-order valence-corrected chi connectivity index (χ1v) is 5.53. The zero-order chi connectivity index (χ0) is 11.8. The number of hydrogen-bond donors (Lipinski definition) is 2. The summed E-state index contributed by atoms with van der Waals surface area (Å²) in [6.45, 7) is 0.339. The summed E-state index contributed by atoms with van der Waals surface area (Å²) >= 11 is 11.3. The van der Waals surface area contributed by atoms with Crippen molar-refractivity contribution in [1.82, 2.24) is 9.97 Å². The second-order valence-corrected chi connectivity index (χ2v) is 4.51. The van der Waals surface area contributed by atoms with E-state index in [0.29, 0.717) is 12.4 Å². The third-order valence-electron chi connectivity index (χ3n) is 2.64. The molecule has 1 amide bonds. The molecule has 1 aromatic rings. The van der Waals surface area contributed by atoms with Crippen molar-refractivity contribution in [3.8, 4) is 0 Å². The van der Waals surface area contributed by atoms with Gasteiger partial charge in [0.1, 0.15) is 11.0 Å². The lowest BCUT2D eigenvalue weighted by molar-refractivity contribution is -0.120. The number of nitrogens with two attached hydrogens (primary N) is 1. The molecule has 1 aromatic heterocycles. The predicted molar refractivity (Wildman–Crippen MR) is 61.4 cm³/mol. The highest BCUT2D eigenvalue weighted by Gasteiger charge is 2.48. The van der Waals surface area contributed by atoms with Gasteiger partial charge in [-0.1, -0.05) is 11.6 Å². The molecule has 1 heterocycles. The maximum Gasteiger partial charge on any atom is 0.233 e. The minimum atomic E-state index is -0.427. The molecule has 1 saturated carbocycles. The molecule has 1 aliphatic rings. The van der Waals surface area contributed by atoms with Gasteiger partial charge in [0.15, 0.2) is 0 Å². The van der Waals surface area contributed by atoms with E-state index in [1.807, 2.05) is 0 Å². The van der Waals surface area contributed by atoms with Crippen molar-refractivity contribution in [2.24, 2.45) is 11.1 Å². The van der Waals surface area contributed by atoms with E-state index in [1.54, 1.807) is 0 Å². The van der Waals surface area contributed by atoms with Gasteiger partial charge in [0.05, 0.1) is 5.41 Å². The number of halogens is 2. The van der Waals surface area contributed by atoms with Crippen LogP contribution in [0.2, 0.25) is 10.4 Å². The molecule has 1 aliphatic carbocycles. The van der Waals surface area contributed by atoms with Crippen LogP contribution in [-0.2, 0) is 4.79 Å². The van der Waals surface area contributed by atoms with Crippen LogP contribution in [0.25, 0.3) is 0 Å². The monoisotopic (exact) mass is 260 g/mol. The smallest absolute Gasteiger partial charge is 0.233 e. The molecule has 86 valence electrons. The third kappa shape index (κ3) is 2.26. The third-order valence-corrected chi connectivity index (χ3v) is 3.00. The van der Waals surface area contributed by atoms with Crippen LogP contribution in [0.1, 0.15) is 12.8 Å². The highest BCUT2D eigenvalue weighted by atomic mass is 35.5. The molecular weight excluding hydrogens is 251 g/mol. The molecule has 0 atom stereocenters. The summed E-state index contributed by atoms with van der Waals surface area (Å²) in [7, 11) is 0. The summed E-state index contributed by atoms with van der Waals surface area (Å²) in [6, 6.07) is 1.44. The average Bonchev–Trinajstić information content (AvgIpc) is 2.96. The molecule has 5 nitrogen and oxygen atoms in total. The Kier molecular flexibility index (Phi) is 3.01. The lowest BCUT2D eigenvalue weighted by Crippen LogP contribution is -2.31. The molecule has 0 aliphatic heterocycles. The number of nitrogens with zero attached hydrogens (tertiary/aromatic N) is 2. The van der Waals surface area contributed by atoms with Crippen LogP contribution in [0.15, 0.2) is 6.07 Å². The van der Waals surface area contributed by atoms with Crippen molar-refractivity contribution in [3.05, 3.63) is 16.5 Å². The molecule has 0 saturated heterocycles. The van der Waals surface area contributed by atoms with Gasteiger partial charge < -0.3 is 11.1 Å². The Morgan fingerprint density at radius 1 is 1.50 bits per heavy atom. The zero-order valence-corrected chi connectivity index (χ0v) is 9.85. The van der Waals surface area contributed by atoms with E-state index in [1.165, 1.54) is 6.07 Å². The van der Waals surface area contributed by atoms with Crippen molar-refractivity contribution >= 4 is 34.9 Å². The number of carbonyl (C=O) groups excluding carboxylic acids is 1. The van der Waals surface area contributed by atoms with Crippen LogP contribution in [0.5, 0.6) is 0 Å². The van der Waals surface area contributed by atoms with Gasteiger partial charge >= 0.3 is 0 Å². The quantitative estimate of drug-likeness (QED) is 0.637. The van der Waals surface area contributed by atoms with Gasteiger partial charge in [-0.2, -0.15) is 0 Å². The second kappa shape index (κ2) is 4.16. The van der Waals surface area contributed by atoms with Gasteiger partial charge in [-0.25, -0.2) is 9.97 Å². The van der Waals surface area contributed by atoms with E-state index in [-0.39, 0.29) is 16.3 Å². The Hall–Kier alpha value is -0.910. The second-order valence-electron chi connectivity index (χ2n) is 3.78. The van der Waals surface area contributed by atoms with Crippen LogP contribution in [-0.4, -0.2) is 22.4 Å². The Balaban J connectivity index is 2.12. The number of rotatable bonds is 3. The number of carbonyl (C=O) groups is 1. The summed E-state index contributed by atoms with van der Waals surface area (Å²) in [5.74, 6) is 0.163. The van der Waals surface area contributed by atoms with Crippen LogP contribution < -0.4 is 11.1 Å². The summed E-state index contributed by atoms with van der Waals surface area (Å²) < 4.78 is 0. The fourth-order valence-electron chi connectivity index (χ4n) is 1.38. The lowest BCUT2D eigenvalue weighted by Gasteiger charge is -2.12. The fourth-order valence-corrected chi connectivity index (χ4v) is 1.79. The molecule has 1 fully saturated rings. The van der Waals surface area contributed by atoms with E-state index < -0.39 is 5.41 Å². The number of aromatic nitrogens is 2. The fraction of sp³-hybridized carbons (Fsp3) is 0.444. The minimum Gasteiger partial charge on any atom is -0.329 e. The zero-order valence-electron chi connectivity index (χ0n) is 8.33. The van der Waals surface area contributed by atoms with Gasteiger partial charge in [0, 0.05) is 12.6 Å². The van der Waals surface area contributed by atoms with Gasteiger partial charge in [0.25, 0.3) is 0 Å². The van der Waals surface area contributed by atoms with Gasteiger partial charge in [-0.05, 0) is 24.4 Å². The first-order valence-electron chi connectivity index (χ1n) is 4.77. The van der Waals surface area contributed by atoms with Crippen LogP contribution in [0.3, 0.4) is 0 Å². The molecular formula is C9H10Cl2N4O. The summed E-state index contributed by atoms with van der Waals surface area (Å²) in [5.41, 5.74) is 5.11. The van der Waals surface area contributed by atoms with E-state index in [0.717, 1.165) is 12.8 Å². The van der Waals surface area contributed by atoms with Crippen molar-refractivity contribution in [2.45, 2.75) is 12.8 Å². The Labute approximate surface area is 102 Å². The van der Waals surface area contributed by atoms with Gasteiger partial charge in [-0.3, -0.25) is 4.79 Å². The normalized spacial score (nSPS) is 16.9. The van der Waals surface area contributed by atoms with Gasteiger partial charge in [0.2, 0.25) is 11.2 Å². The molecule has 2 rings (SSSR count).